The van der Waals surface area contributed by atoms with E-state index < -0.39 is 5.92 Å². The minimum atomic E-state index is -0.795. The Hall–Kier alpha value is -2.28. The molecule has 0 N–H and O–H groups in total. The normalized spacial score (nSPS) is 20.0. The Kier molecular flexibility index (Phi) is 5.44. The SMILES string of the molecule is O=C(C1CN(c2cccc(Cl)c2)N(c2cccc(Cl)c2)C1=O)N1CCOCC1. The van der Waals surface area contributed by atoms with E-state index in [0.717, 1.165) is 5.69 Å². The molecular formula is C20H19Cl2N3O3. The van der Waals surface area contributed by atoms with Crippen molar-refractivity contribution in [2.24, 2.45) is 5.92 Å². The Bertz CT molecular complexity index is 902. The van der Waals surface area contributed by atoms with Gasteiger partial charge >= 0.3 is 0 Å². The van der Waals surface area contributed by atoms with Crippen molar-refractivity contribution in [3.63, 3.8) is 0 Å². The fourth-order valence-electron chi connectivity index (χ4n) is 3.52. The smallest absolute Gasteiger partial charge is 0.260 e. The van der Waals surface area contributed by atoms with Crippen molar-refractivity contribution >= 4 is 46.4 Å². The van der Waals surface area contributed by atoms with Gasteiger partial charge in [-0.1, -0.05) is 35.3 Å². The molecule has 28 heavy (non-hydrogen) atoms. The molecule has 6 nitrogen and oxygen atoms in total. The first-order chi connectivity index (χ1) is 13.5. The summed E-state index contributed by atoms with van der Waals surface area (Å²) in [5.74, 6) is -1.25. The molecule has 2 saturated heterocycles. The number of carbonyl (C=O) groups is 2. The second kappa shape index (κ2) is 7.99. The Morgan fingerprint density at radius 2 is 1.57 bits per heavy atom. The Labute approximate surface area is 173 Å². The van der Waals surface area contributed by atoms with Crippen molar-refractivity contribution in [3.8, 4) is 0 Å². The molecule has 146 valence electrons. The third-order valence-electron chi connectivity index (χ3n) is 4.88. The summed E-state index contributed by atoms with van der Waals surface area (Å²) in [6.45, 7) is 2.21. The molecule has 1 unspecified atom stereocenters. The molecule has 2 aliphatic rings. The van der Waals surface area contributed by atoms with Crippen LogP contribution in [0.3, 0.4) is 0 Å². The molecule has 0 saturated carbocycles. The zero-order valence-electron chi connectivity index (χ0n) is 15.1. The third-order valence-corrected chi connectivity index (χ3v) is 5.35. The minimum absolute atomic E-state index is 0.176. The molecule has 2 aromatic rings. The Balaban J connectivity index is 1.70. The molecular weight excluding hydrogens is 401 g/mol. The van der Waals surface area contributed by atoms with Crippen LogP contribution >= 0.6 is 23.2 Å². The average molecular weight is 420 g/mol. The maximum absolute atomic E-state index is 13.3. The van der Waals surface area contributed by atoms with E-state index in [9.17, 15) is 9.59 Å². The number of morpholine rings is 1. The molecule has 2 heterocycles. The van der Waals surface area contributed by atoms with Crippen molar-refractivity contribution in [2.75, 3.05) is 42.9 Å². The summed E-state index contributed by atoms with van der Waals surface area (Å²) >= 11 is 12.3. The van der Waals surface area contributed by atoms with Gasteiger partial charge < -0.3 is 9.64 Å². The Morgan fingerprint density at radius 1 is 0.964 bits per heavy atom. The number of hydrazine groups is 1. The molecule has 0 aromatic heterocycles. The maximum Gasteiger partial charge on any atom is 0.260 e. The van der Waals surface area contributed by atoms with Crippen molar-refractivity contribution in [2.45, 2.75) is 0 Å². The lowest BCUT2D eigenvalue weighted by Crippen LogP contribution is -2.46. The van der Waals surface area contributed by atoms with Crippen molar-refractivity contribution in [3.05, 3.63) is 58.6 Å². The van der Waals surface area contributed by atoms with Gasteiger partial charge in [0.05, 0.1) is 31.1 Å². The molecule has 1 atom stereocenters. The first-order valence-electron chi connectivity index (χ1n) is 9.04. The second-order valence-electron chi connectivity index (χ2n) is 6.68. The van der Waals surface area contributed by atoms with Crippen LogP contribution in [0.1, 0.15) is 0 Å². The molecule has 0 aliphatic carbocycles. The summed E-state index contributed by atoms with van der Waals surface area (Å²) in [4.78, 5) is 28.0. The van der Waals surface area contributed by atoms with E-state index in [-0.39, 0.29) is 18.4 Å². The van der Waals surface area contributed by atoms with Crippen molar-refractivity contribution < 1.29 is 14.3 Å². The minimum Gasteiger partial charge on any atom is -0.378 e. The van der Waals surface area contributed by atoms with Crippen molar-refractivity contribution in [1.29, 1.82) is 0 Å². The van der Waals surface area contributed by atoms with Crippen LogP contribution in [0.15, 0.2) is 48.5 Å². The van der Waals surface area contributed by atoms with Gasteiger partial charge in [-0.25, -0.2) is 5.01 Å². The largest absolute Gasteiger partial charge is 0.378 e. The van der Waals surface area contributed by atoms with Crippen LogP contribution in [0.2, 0.25) is 10.0 Å². The number of hydrogen-bond acceptors (Lipinski definition) is 4. The predicted octanol–water partition coefficient (Wildman–Crippen LogP) is 3.24. The highest BCUT2D eigenvalue weighted by Crippen LogP contribution is 2.33. The molecule has 0 bridgehead atoms. The van der Waals surface area contributed by atoms with Gasteiger partial charge in [0.2, 0.25) is 5.91 Å². The van der Waals surface area contributed by atoms with Crippen LogP contribution in [-0.2, 0) is 14.3 Å². The standard InChI is InChI=1S/C20H19Cl2N3O3/c21-14-3-1-5-16(11-14)24-13-18(19(26)23-7-9-28-10-8-23)20(27)25(24)17-6-2-4-15(22)12-17/h1-6,11-12,18H,7-10,13H2. The monoisotopic (exact) mass is 419 g/mol. The second-order valence-corrected chi connectivity index (χ2v) is 7.56. The zero-order chi connectivity index (χ0) is 19.7. The van der Waals surface area contributed by atoms with Gasteiger partial charge in [0.15, 0.2) is 0 Å². The van der Waals surface area contributed by atoms with E-state index in [1.54, 1.807) is 46.3 Å². The first-order valence-corrected chi connectivity index (χ1v) is 9.79. The van der Waals surface area contributed by atoms with Crippen LogP contribution in [0.25, 0.3) is 0 Å². The molecule has 4 rings (SSSR count). The van der Waals surface area contributed by atoms with Gasteiger partial charge in [0.25, 0.3) is 5.91 Å². The third kappa shape index (κ3) is 3.68. The highest BCUT2D eigenvalue weighted by Gasteiger charge is 2.45. The number of rotatable bonds is 3. The summed E-state index contributed by atoms with van der Waals surface area (Å²) in [6, 6.07) is 14.2. The van der Waals surface area contributed by atoms with E-state index in [4.69, 9.17) is 27.9 Å². The molecule has 2 aromatic carbocycles. The van der Waals surface area contributed by atoms with Gasteiger partial charge in [0.1, 0.15) is 5.92 Å². The van der Waals surface area contributed by atoms with Crippen LogP contribution < -0.4 is 10.0 Å². The van der Waals surface area contributed by atoms with E-state index >= 15 is 0 Å². The summed E-state index contributed by atoms with van der Waals surface area (Å²) in [5.41, 5.74) is 1.34. The lowest BCUT2D eigenvalue weighted by atomic mass is 10.1. The number of ether oxygens (including phenoxy) is 1. The summed E-state index contributed by atoms with van der Waals surface area (Å²) in [6.07, 6.45) is 0. The first kappa shape index (κ1) is 19.1. The number of amides is 2. The van der Waals surface area contributed by atoms with Crippen LogP contribution in [0, 0.1) is 5.92 Å². The molecule has 2 fully saturated rings. The highest BCUT2D eigenvalue weighted by atomic mass is 35.5. The molecule has 0 radical (unpaired) electrons. The average Bonchev–Trinajstić information content (AvgIpc) is 3.05. The number of anilines is 2. The van der Waals surface area contributed by atoms with Gasteiger partial charge in [0, 0.05) is 23.1 Å². The van der Waals surface area contributed by atoms with Crippen molar-refractivity contribution in [1.82, 2.24) is 4.90 Å². The molecule has 0 spiro atoms. The van der Waals surface area contributed by atoms with Gasteiger partial charge in [-0.15, -0.1) is 0 Å². The lowest BCUT2D eigenvalue weighted by Gasteiger charge is -2.29. The fraction of sp³-hybridized carbons (Fsp3) is 0.300. The summed E-state index contributed by atoms with van der Waals surface area (Å²) < 4.78 is 5.32. The predicted molar refractivity (Wildman–Crippen MR) is 109 cm³/mol. The van der Waals surface area contributed by atoms with Gasteiger partial charge in [-0.05, 0) is 36.4 Å². The quantitative estimate of drug-likeness (QED) is 0.716. The molecule has 2 aliphatic heterocycles. The highest BCUT2D eigenvalue weighted by molar-refractivity contribution is 6.31. The number of carbonyl (C=O) groups excluding carboxylic acids is 2. The van der Waals surface area contributed by atoms with Gasteiger partial charge in [-0.3, -0.25) is 14.6 Å². The summed E-state index contributed by atoms with van der Waals surface area (Å²) in [7, 11) is 0. The fourth-order valence-corrected chi connectivity index (χ4v) is 3.89. The topological polar surface area (TPSA) is 53.1 Å². The van der Waals surface area contributed by atoms with Crippen LogP contribution in [0.4, 0.5) is 11.4 Å². The number of benzene rings is 2. The number of hydrogen-bond donors (Lipinski definition) is 0. The molecule has 2 amide bonds. The molecule has 8 heteroatoms. The van der Waals surface area contributed by atoms with E-state index in [1.165, 1.54) is 5.01 Å². The van der Waals surface area contributed by atoms with Crippen LogP contribution in [-0.4, -0.2) is 49.6 Å². The van der Waals surface area contributed by atoms with E-state index in [1.807, 2.05) is 12.1 Å². The Morgan fingerprint density at radius 3 is 2.21 bits per heavy atom. The zero-order valence-corrected chi connectivity index (χ0v) is 16.6. The van der Waals surface area contributed by atoms with E-state index in [2.05, 4.69) is 0 Å². The number of halogens is 2. The van der Waals surface area contributed by atoms with Gasteiger partial charge in [-0.2, -0.15) is 0 Å². The number of nitrogens with zero attached hydrogens (tertiary/aromatic N) is 3. The summed E-state index contributed by atoms with van der Waals surface area (Å²) in [5, 5.41) is 4.36. The van der Waals surface area contributed by atoms with Crippen LogP contribution in [0.5, 0.6) is 0 Å². The van der Waals surface area contributed by atoms with E-state index in [0.29, 0.717) is 42.0 Å². The lowest BCUT2D eigenvalue weighted by molar-refractivity contribution is -0.142. The maximum atomic E-state index is 13.3.